The summed E-state index contributed by atoms with van der Waals surface area (Å²) < 4.78 is 0. The van der Waals surface area contributed by atoms with Crippen LogP contribution in [-0.2, 0) is 21.7 Å². The molecule has 2 aromatic carbocycles. The summed E-state index contributed by atoms with van der Waals surface area (Å²) in [7, 11) is 0. The Morgan fingerprint density at radius 1 is 0.477 bits per heavy atom. The first kappa shape index (κ1) is 35.7. The normalized spacial score (nSPS) is 25.7. The highest BCUT2D eigenvalue weighted by atomic mass is 16.4. The lowest BCUT2D eigenvalue weighted by Crippen LogP contribution is -2.62. The molecule has 8 heteroatoms. The second-order valence-electron chi connectivity index (χ2n) is 16.4. The Bertz CT molecular complexity index is 1290. The van der Waals surface area contributed by atoms with E-state index in [2.05, 4.69) is 51.5 Å². The molecule has 0 unspecified atom stereocenters. The fraction of sp³-hybridized carbons (Fsp3) is 0.611. The maximum absolute atomic E-state index is 11.2. The predicted molar refractivity (Wildman–Crippen MR) is 178 cm³/mol. The molecule has 0 saturated heterocycles. The van der Waals surface area contributed by atoms with Gasteiger partial charge in [0.15, 0.2) is 0 Å². The molecule has 1 aliphatic carbocycles. The van der Waals surface area contributed by atoms with Gasteiger partial charge in [-0.15, -0.1) is 0 Å². The first-order chi connectivity index (χ1) is 19.9. The van der Waals surface area contributed by atoms with Crippen molar-refractivity contribution in [3.8, 4) is 11.5 Å². The minimum atomic E-state index is -1.66. The number of hydrogen-bond acceptors (Lipinski definition) is 8. The average molecular weight is 611 g/mol. The van der Waals surface area contributed by atoms with Gasteiger partial charge in [-0.05, 0) is 44.9 Å². The van der Waals surface area contributed by atoms with Gasteiger partial charge in [-0.25, -0.2) is 0 Å². The van der Waals surface area contributed by atoms with Gasteiger partial charge in [0.1, 0.15) is 48.0 Å². The Hall–Kier alpha value is -2.78. The highest BCUT2D eigenvalue weighted by molar-refractivity contribution is 5.86. The number of phenols is 2. The van der Waals surface area contributed by atoms with Gasteiger partial charge in [-0.3, -0.25) is 9.98 Å². The zero-order chi connectivity index (χ0) is 33.7. The van der Waals surface area contributed by atoms with Crippen molar-refractivity contribution in [2.75, 3.05) is 0 Å². The number of aromatic hydroxyl groups is 2. The van der Waals surface area contributed by atoms with Crippen LogP contribution in [0.15, 0.2) is 34.3 Å². The number of aliphatic hydroxyl groups excluding tert-OH is 4. The maximum atomic E-state index is 11.2. The number of aliphatic imine (C=N–C) groups is 2. The van der Waals surface area contributed by atoms with Gasteiger partial charge in [-0.2, -0.15) is 0 Å². The number of aliphatic hydroxyl groups is 4. The van der Waals surface area contributed by atoms with Crippen LogP contribution in [0.3, 0.4) is 0 Å². The van der Waals surface area contributed by atoms with Crippen LogP contribution in [-0.4, -0.2) is 79.6 Å². The molecule has 1 saturated carbocycles. The second-order valence-corrected chi connectivity index (χ2v) is 16.4. The number of hydrogen-bond donors (Lipinski definition) is 6. The van der Waals surface area contributed by atoms with Crippen LogP contribution in [0.4, 0.5) is 0 Å². The smallest absolute Gasteiger partial charge is 0.128 e. The lowest BCUT2D eigenvalue weighted by molar-refractivity contribution is -0.148. The molecule has 2 aromatic rings. The van der Waals surface area contributed by atoms with Crippen LogP contribution in [0, 0.1) is 0 Å². The van der Waals surface area contributed by atoms with Crippen LogP contribution in [0.1, 0.15) is 116 Å². The third-order valence-corrected chi connectivity index (χ3v) is 8.50. The van der Waals surface area contributed by atoms with Crippen LogP contribution >= 0.6 is 0 Å². The molecule has 6 atom stereocenters. The number of nitrogens with zero attached hydrogens (tertiary/aromatic N) is 2. The molecule has 6 N–H and O–H groups in total. The van der Waals surface area contributed by atoms with E-state index >= 15 is 0 Å². The van der Waals surface area contributed by atoms with E-state index in [9.17, 15) is 30.6 Å². The first-order valence-corrected chi connectivity index (χ1v) is 15.4. The molecule has 0 spiro atoms. The highest BCUT2D eigenvalue weighted by Gasteiger charge is 2.48. The van der Waals surface area contributed by atoms with E-state index in [-0.39, 0.29) is 33.2 Å². The van der Waals surface area contributed by atoms with Gasteiger partial charge in [0, 0.05) is 34.7 Å². The summed E-state index contributed by atoms with van der Waals surface area (Å²) >= 11 is 0. The second kappa shape index (κ2) is 12.2. The van der Waals surface area contributed by atoms with Crippen LogP contribution in [0.2, 0.25) is 0 Å². The minimum Gasteiger partial charge on any atom is -0.507 e. The van der Waals surface area contributed by atoms with Gasteiger partial charge in [0.25, 0.3) is 0 Å². The third-order valence-electron chi connectivity index (χ3n) is 8.50. The van der Waals surface area contributed by atoms with E-state index in [4.69, 9.17) is 0 Å². The van der Waals surface area contributed by atoms with Gasteiger partial charge in [0.05, 0.1) is 0 Å². The van der Waals surface area contributed by atoms with E-state index < -0.39 is 36.5 Å². The van der Waals surface area contributed by atoms with Gasteiger partial charge in [0.2, 0.25) is 0 Å². The molecule has 1 fully saturated rings. The maximum Gasteiger partial charge on any atom is 0.128 e. The molecule has 44 heavy (non-hydrogen) atoms. The highest BCUT2D eigenvalue weighted by Crippen LogP contribution is 2.39. The lowest BCUT2D eigenvalue weighted by atomic mass is 9.78. The van der Waals surface area contributed by atoms with Gasteiger partial charge >= 0.3 is 0 Å². The summed E-state index contributed by atoms with van der Waals surface area (Å²) in [6, 6.07) is 5.34. The van der Waals surface area contributed by atoms with E-state index in [0.717, 1.165) is 22.3 Å². The Morgan fingerprint density at radius 3 is 1.02 bits per heavy atom. The topological polar surface area (TPSA) is 146 Å². The van der Waals surface area contributed by atoms with Crippen molar-refractivity contribution in [1.82, 2.24) is 0 Å². The molecular formula is C36H54N2O6. The largest absolute Gasteiger partial charge is 0.507 e. The summed E-state index contributed by atoms with van der Waals surface area (Å²) in [5.74, 6) is 0.110. The summed E-state index contributed by atoms with van der Waals surface area (Å²) in [5.41, 5.74) is 3.14. The standard InChI is InChI=1S/C36H54N2O6/c1-33(2,3)21-13-19(27(39)23(15-21)35(7,8)9)17-37-25-26(30(42)32(44)31(43)29(25)41)38-18-20-14-22(34(4,5)6)16-24(28(20)40)36(10,11)12/h13-18,25-26,29-32,39-44H,1-12H3/t25-,26-,29+,30+,31+,32+/m1/s1. The van der Waals surface area contributed by atoms with E-state index in [1.54, 1.807) is 0 Å². The molecule has 0 aromatic heterocycles. The summed E-state index contributed by atoms with van der Waals surface area (Å²) in [6.45, 7) is 24.5. The third kappa shape index (κ3) is 7.53. The molecular weight excluding hydrogens is 556 g/mol. The molecule has 0 bridgehead atoms. The van der Waals surface area contributed by atoms with Crippen molar-refractivity contribution in [2.24, 2.45) is 9.98 Å². The van der Waals surface area contributed by atoms with E-state index in [0.29, 0.717) is 11.1 Å². The zero-order valence-corrected chi connectivity index (χ0v) is 28.5. The number of benzene rings is 2. The minimum absolute atomic E-state index is 0.0550. The molecule has 0 aliphatic heterocycles. The zero-order valence-electron chi connectivity index (χ0n) is 28.5. The summed E-state index contributed by atoms with van der Waals surface area (Å²) in [6.07, 6.45) is -3.57. The van der Waals surface area contributed by atoms with Crippen molar-refractivity contribution in [1.29, 1.82) is 0 Å². The van der Waals surface area contributed by atoms with Gasteiger partial charge in [-0.1, -0.05) is 95.2 Å². The SMILES string of the molecule is CC(C)(C)c1cc(C=N[C@H]2[C@H](O)[C@H](O)[C@@H](O)[C@@H](O)[C@@H]2N=Cc2cc(C(C)(C)C)cc(C(C)(C)C)c2O)c(O)c(C(C)(C)C)c1. The summed E-state index contributed by atoms with van der Waals surface area (Å²) in [5, 5.41) is 65.7. The fourth-order valence-corrected chi connectivity index (χ4v) is 5.42. The van der Waals surface area contributed by atoms with E-state index in [1.165, 1.54) is 12.4 Å². The number of phenolic OH excluding ortho intramolecular Hbond substituents is 2. The van der Waals surface area contributed by atoms with Gasteiger partial charge < -0.3 is 30.6 Å². The van der Waals surface area contributed by atoms with Crippen molar-refractivity contribution >= 4 is 12.4 Å². The Morgan fingerprint density at radius 2 is 0.773 bits per heavy atom. The molecule has 244 valence electrons. The quantitative estimate of drug-likeness (QED) is 0.268. The van der Waals surface area contributed by atoms with Crippen LogP contribution in [0.25, 0.3) is 0 Å². The van der Waals surface area contributed by atoms with Crippen molar-refractivity contribution in [3.05, 3.63) is 57.6 Å². The molecule has 8 nitrogen and oxygen atoms in total. The Kier molecular flexibility index (Phi) is 9.90. The van der Waals surface area contributed by atoms with Crippen LogP contribution < -0.4 is 0 Å². The predicted octanol–water partition coefficient (Wildman–Crippen LogP) is 5.02. The Balaban J connectivity index is 2.16. The van der Waals surface area contributed by atoms with E-state index in [1.807, 2.05) is 65.8 Å². The van der Waals surface area contributed by atoms with Crippen molar-refractivity contribution in [2.45, 2.75) is 141 Å². The molecule has 3 rings (SSSR count). The number of rotatable bonds is 4. The molecule has 0 amide bonds. The molecule has 0 heterocycles. The molecule has 0 radical (unpaired) electrons. The molecule has 1 aliphatic rings. The first-order valence-electron chi connectivity index (χ1n) is 15.4. The van der Waals surface area contributed by atoms with Crippen LogP contribution in [0.5, 0.6) is 11.5 Å². The Labute approximate surface area is 263 Å². The monoisotopic (exact) mass is 610 g/mol. The van der Waals surface area contributed by atoms with Crippen molar-refractivity contribution < 1.29 is 30.6 Å². The summed E-state index contributed by atoms with van der Waals surface area (Å²) in [4.78, 5) is 9.13. The van der Waals surface area contributed by atoms with Crippen molar-refractivity contribution in [3.63, 3.8) is 0 Å². The average Bonchev–Trinajstić information content (AvgIpc) is 2.86. The lowest BCUT2D eigenvalue weighted by Gasteiger charge is -2.40. The fourth-order valence-electron chi connectivity index (χ4n) is 5.42.